The van der Waals surface area contributed by atoms with Crippen LogP contribution in [0.4, 0.5) is 17.6 Å². The summed E-state index contributed by atoms with van der Waals surface area (Å²) in [4.78, 5) is 3.78. The molecule has 1 aromatic heterocycles. The van der Waals surface area contributed by atoms with Gasteiger partial charge in [-0.3, -0.25) is 0 Å². The number of aromatic nitrogens is 3. The third-order valence-electron chi connectivity index (χ3n) is 2.13. The van der Waals surface area contributed by atoms with Gasteiger partial charge in [0, 0.05) is 0 Å². The molecular weight excluding hydrogens is 238 g/mol. The second-order valence-electron chi connectivity index (χ2n) is 3.40. The Morgan fingerprint density at radius 1 is 1.24 bits per heavy atom. The van der Waals surface area contributed by atoms with Crippen molar-refractivity contribution in [3.8, 4) is 5.69 Å². The van der Waals surface area contributed by atoms with Gasteiger partial charge in [-0.2, -0.15) is 18.3 Å². The lowest BCUT2D eigenvalue weighted by Crippen LogP contribution is -2.09. The molecular formula is C10H7F4N3. The molecule has 0 saturated heterocycles. The fraction of sp³-hybridized carbons (Fsp3) is 0.200. The lowest BCUT2D eigenvalue weighted by atomic mass is 10.2. The minimum Gasteiger partial charge on any atom is -0.221 e. The summed E-state index contributed by atoms with van der Waals surface area (Å²) in [5.41, 5.74) is -1.21. The van der Waals surface area contributed by atoms with Gasteiger partial charge in [0.1, 0.15) is 18.0 Å². The number of hydrogen-bond acceptors (Lipinski definition) is 2. The van der Waals surface area contributed by atoms with Crippen molar-refractivity contribution in [3.05, 3.63) is 41.7 Å². The summed E-state index contributed by atoms with van der Waals surface area (Å²) in [5, 5.41) is 3.85. The summed E-state index contributed by atoms with van der Waals surface area (Å²) in [5.74, 6) is -0.888. The summed E-state index contributed by atoms with van der Waals surface area (Å²) < 4.78 is 51.6. The van der Waals surface area contributed by atoms with Crippen LogP contribution >= 0.6 is 0 Å². The third-order valence-corrected chi connectivity index (χ3v) is 2.13. The van der Waals surface area contributed by atoms with E-state index in [9.17, 15) is 17.6 Å². The van der Waals surface area contributed by atoms with Gasteiger partial charge < -0.3 is 0 Å². The smallest absolute Gasteiger partial charge is 0.221 e. The molecule has 0 aliphatic rings. The maximum absolute atomic E-state index is 13.0. The van der Waals surface area contributed by atoms with Gasteiger partial charge in [0.05, 0.1) is 11.3 Å². The molecule has 0 N–H and O–H groups in total. The third kappa shape index (κ3) is 2.27. The van der Waals surface area contributed by atoms with Gasteiger partial charge in [0.2, 0.25) is 0 Å². The normalized spacial score (nSPS) is 11.8. The molecule has 1 aromatic carbocycles. The van der Waals surface area contributed by atoms with Crippen LogP contribution in [0.5, 0.6) is 0 Å². The van der Waals surface area contributed by atoms with E-state index in [2.05, 4.69) is 10.1 Å². The van der Waals surface area contributed by atoms with Crippen LogP contribution < -0.4 is 0 Å². The highest BCUT2D eigenvalue weighted by Gasteiger charge is 2.34. The molecule has 17 heavy (non-hydrogen) atoms. The number of benzene rings is 1. The molecule has 0 unspecified atom stereocenters. The first-order valence-corrected chi connectivity index (χ1v) is 4.63. The summed E-state index contributed by atoms with van der Waals surface area (Å²) >= 11 is 0. The van der Waals surface area contributed by atoms with E-state index in [1.54, 1.807) is 6.92 Å². The molecule has 3 nitrogen and oxygen atoms in total. The van der Waals surface area contributed by atoms with E-state index in [0.29, 0.717) is 11.9 Å². The predicted molar refractivity (Wildman–Crippen MR) is 51.1 cm³/mol. The SMILES string of the molecule is Cc1ncn(-c2ccc(F)c(C(F)(F)F)c2)n1. The van der Waals surface area contributed by atoms with Gasteiger partial charge in [0.25, 0.3) is 0 Å². The monoisotopic (exact) mass is 245 g/mol. The molecule has 0 spiro atoms. The topological polar surface area (TPSA) is 30.7 Å². The minimum absolute atomic E-state index is 0.110. The lowest BCUT2D eigenvalue weighted by molar-refractivity contribution is -0.140. The summed E-state index contributed by atoms with van der Waals surface area (Å²) in [6.45, 7) is 1.60. The molecule has 0 aliphatic heterocycles. The van der Waals surface area contributed by atoms with Crippen molar-refractivity contribution in [3.63, 3.8) is 0 Å². The van der Waals surface area contributed by atoms with Crippen LogP contribution in [0, 0.1) is 12.7 Å². The number of halogens is 4. The first-order valence-electron chi connectivity index (χ1n) is 4.63. The van der Waals surface area contributed by atoms with Crippen molar-refractivity contribution < 1.29 is 17.6 Å². The Bertz CT molecular complexity index is 545. The molecule has 2 aromatic rings. The van der Waals surface area contributed by atoms with Crippen molar-refractivity contribution in [1.82, 2.24) is 14.8 Å². The minimum atomic E-state index is -4.73. The standard InChI is InChI=1S/C10H7F4N3/c1-6-15-5-17(16-6)7-2-3-9(11)8(4-7)10(12,13)14/h2-5H,1H3. The Morgan fingerprint density at radius 3 is 2.47 bits per heavy atom. The van der Waals surface area contributed by atoms with E-state index in [-0.39, 0.29) is 5.69 Å². The number of rotatable bonds is 1. The van der Waals surface area contributed by atoms with E-state index >= 15 is 0 Å². The molecule has 0 aliphatic carbocycles. The molecule has 0 saturated carbocycles. The summed E-state index contributed by atoms with van der Waals surface area (Å²) in [7, 11) is 0. The van der Waals surface area contributed by atoms with Crippen LogP contribution in [0.15, 0.2) is 24.5 Å². The highest BCUT2D eigenvalue weighted by molar-refractivity contribution is 5.37. The zero-order chi connectivity index (χ0) is 12.6. The molecule has 2 rings (SSSR count). The van der Waals surface area contributed by atoms with E-state index in [1.165, 1.54) is 12.4 Å². The molecule has 1 heterocycles. The number of alkyl halides is 3. The van der Waals surface area contributed by atoms with Gasteiger partial charge in [-0.05, 0) is 25.1 Å². The van der Waals surface area contributed by atoms with E-state index in [1.807, 2.05) is 0 Å². The van der Waals surface area contributed by atoms with Crippen LogP contribution in [-0.2, 0) is 6.18 Å². The van der Waals surface area contributed by atoms with Crippen LogP contribution in [0.3, 0.4) is 0 Å². The van der Waals surface area contributed by atoms with Gasteiger partial charge >= 0.3 is 6.18 Å². The highest BCUT2D eigenvalue weighted by Crippen LogP contribution is 2.32. The highest BCUT2D eigenvalue weighted by atomic mass is 19.4. The predicted octanol–water partition coefficient (Wildman–Crippen LogP) is 2.73. The second kappa shape index (κ2) is 3.83. The van der Waals surface area contributed by atoms with Gasteiger partial charge in [-0.1, -0.05) is 0 Å². The van der Waals surface area contributed by atoms with E-state index < -0.39 is 17.6 Å². The molecule has 90 valence electrons. The summed E-state index contributed by atoms with van der Waals surface area (Å²) in [6.07, 6.45) is -3.46. The Balaban J connectivity index is 2.51. The number of nitrogens with zero attached hydrogens (tertiary/aromatic N) is 3. The van der Waals surface area contributed by atoms with Crippen LogP contribution in [0.2, 0.25) is 0 Å². The Morgan fingerprint density at radius 2 is 1.94 bits per heavy atom. The average Bonchev–Trinajstić information content (AvgIpc) is 2.64. The van der Waals surface area contributed by atoms with Crippen molar-refractivity contribution in [2.45, 2.75) is 13.1 Å². The van der Waals surface area contributed by atoms with Gasteiger partial charge in [-0.25, -0.2) is 14.1 Å². The lowest BCUT2D eigenvalue weighted by Gasteiger charge is -2.09. The summed E-state index contributed by atoms with van der Waals surface area (Å²) in [6, 6.07) is 2.66. The maximum Gasteiger partial charge on any atom is 0.419 e. The maximum atomic E-state index is 13.0. The van der Waals surface area contributed by atoms with Crippen molar-refractivity contribution in [2.24, 2.45) is 0 Å². The zero-order valence-corrected chi connectivity index (χ0v) is 8.66. The Kier molecular flexibility index (Phi) is 2.60. The molecule has 0 amide bonds. The van der Waals surface area contributed by atoms with Crippen LogP contribution in [0.25, 0.3) is 5.69 Å². The van der Waals surface area contributed by atoms with E-state index in [4.69, 9.17) is 0 Å². The number of aryl methyl sites for hydroxylation is 1. The van der Waals surface area contributed by atoms with Crippen molar-refractivity contribution in [1.29, 1.82) is 0 Å². The van der Waals surface area contributed by atoms with Crippen molar-refractivity contribution in [2.75, 3.05) is 0 Å². The molecule has 0 bridgehead atoms. The number of hydrogen-bond donors (Lipinski definition) is 0. The fourth-order valence-corrected chi connectivity index (χ4v) is 1.34. The first kappa shape index (κ1) is 11.6. The first-order chi connectivity index (χ1) is 7.88. The van der Waals surface area contributed by atoms with E-state index in [0.717, 1.165) is 10.7 Å². The largest absolute Gasteiger partial charge is 0.419 e. The Hall–Kier alpha value is -1.92. The van der Waals surface area contributed by atoms with Crippen LogP contribution in [-0.4, -0.2) is 14.8 Å². The second-order valence-corrected chi connectivity index (χ2v) is 3.40. The molecule has 0 radical (unpaired) electrons. The molecule has 0 fully saturated rings. The zero-order valence-electron chi connectivity index (χ0n) is 8.66. The average molecular weight is 245 g/mol. The fourth-order valence-electron chi connectivity index (χ4n) is 1.34. The Labute approximate surface area is 93.7 Å². The molecule has 0 atom stereocenters. The van der Waals surface area contributed by atoms with Gasteiger partial charge in [0.15, 0.2) is 0 Å². The quantitative estimate of drug-likeness (QED) is 0.723. The van der Waals surface area contributed by atoms with Crippen molar-refractivity contribution >= 4 is 0 Å². The van der Waals surface area contributed by atoms with Gasteiger partial charge in [-0.15, -0.1) is 0 Å². The van der Waals surface area contributed by atoms with Crippen LogP contribution in [0.1, 0.15) is 11.4 Å². The molecule has 7 heteroatoms.